The van der Waals surface area contributed by atoms with Gasteiger partial charge in [-0.25, -0.2) is 4.57 Å². The van der Waals surface area contributed by atoms with Gasteiger partial charge >= 0.3 is 13.6 Å². The molecule has 1 aromatic heterocycles. The molecule has 3 rings (SSSR count). The Morgan fingerprint density at radius 3 is 2.58 bits per heavy atom. The van der Waals surface area contributed by atoms with Crippen molar-refractivity contribution in [3.05, 3.63) is 51.5 Å². The van der Waals surface area contributed by atoms with E-state index in [1.807, 2.05) is 6.92 Å². The first-order valence-electron chi connectivity index (χ1n) is 11.4. The van der Waals surface area contributed by atoms with Crippen molar-refractivity contribution in [1.29, 1.82) is 0 Å². The molecule has 36 heavy (non-hydrogen) atoms. The third kappa shape index (κ3) is 7.25. The van der Waals surface area contributed by atoms with Crippen LogP contribution in [0.25, 0.3) is 0 Å². The number of nitrogens with one attached hydrogen (secondary N) is 1. The van der Waals surface area contributed by atoms with Crippen molar-refractivity contribution in [3.8, 4) is 5.75 Å². The molecule has 13 heteroatoms. The number of aliphatic hydroxyl groups is 1. The van der Waals surface area contributed by atoms with Crippen molar-refractivity contribution in [2.75, 3.05) is 12.8 Å². The normalized spacial score (nSPS) is 24.3. The number of alkyl halides is 1. The Labute approximate surface area is 225 Å². The number of carbonyl (C=O) groups excluding carboxylic acids is 1. The Hall–Kier alpha value is -1.59. The monoisotopic (exact) mass is 576 g/mol. The van der Waals surface area contributed by atoms with Crippen LogP contribution in [0, 0.1) is 22.3 Å². The maximum absolute atomic E-state index is 13.8. The summed E-state index contributed by atoms with van der Waals surface area (Å²) in [6.45, 7) is 6.55. The fraction of sp³-hybridized carbons (Fsp3) is 0.522. The minimum atomic E-state index is -3.89. The Morgan fingerprint density at radius 1 is 1.28 bits per heavy atom. The number of ether oxygens (including phenoxy) is 2. The van der Waals surface area contributed by atoms with E-state index in [9.17, 15) is 14.5 Å². The molecule has 1 aliphatic heterocycles. The zero-order chi connectivity index (χ0) is 26.6. The maximum atomic E-state index is 13.8. The fourth-order valence-electron chi connectivity index (χ4n) is 3.54. The largest absolute Gasteiger partial charge is 0.463 e. The van der Waals surface area contributed by atoms with Gasteiger partial charge in [0.15, 0.2) is 11.0 Å². The van der Waals surface area contributed by atoms with Gasteiger partial charge in [-0.1, -0.05) is 37.3 Å². The van der Waals surface area contributed by atoms with Gasteiger partial charge in [-0.15, -0.1) is 11.6 Å². The summed E-state index contributed by atoms with van der Waals surface area (Å²) in [6.07, 6.45) is -1.77. The summed E-state index contributed by atoms with van der Waals surface area (Å²) in [5, 5.41) is 9.87. The number of para-hydroxylation sites is 1. The van der Waals surface area contributed by atoms with E-state index in [1.54, 1.807) is 61.9 Å². The number of esters is 1. The first-order chi connectivity index (χ1) is 16.9. The van der Waals surface area contributed by atoms with Crippen LogP contribution in [0.5, 0.6) is 5.75 Å². The van der Waals surface area contributed by atoms with Crippen LogP contribution in [-0.2, 0) is 23.4 Å². The van der Waals surface area contributed by atoms with E-state index in [0.29, 0.717) is 10.4 Å². The van der Waals surface area contributed by atoms with Gasteiger partial charge in [-0.3, -0.25) is 13.9 Å². The van der Waals surface area contributed by atoms with E-state index < -0.39 is 43.3 Å². The third-order valence-electron chi connectivity index (χ3n) is 5.39. The number of H-pyrrole nitrogens is 1. The topological polar surface area (TPSA) is 112 Å². The van der Waals surface area contributed by atoms with Crippen molar-refractivity contribution in [2.45, 2.75) is 57.6 Å². The number of carbonyl (C=O) groups is 1. The minimum absolute atomic E-state index is 0.233. The highest BCUT2D eigenvalue weighted by atomic mass is 35.5. The standard InChI is InChI=1S/C23H30ClN2O7PS2/c1-13(2)31-22(28)15(4)12-34(29,33-16-8-6-5-7-9-16)30-11-17-19(27)18(24)21(32-17)26-10-14(3)20(35)25-23(26)36/h5-10,13,15,17-19,21,27H,11-12H2,1-4H3,(H,25,35,36)/t15-,17+,18-,19?,21+,34+/m1/s1. The summed E-state index contributed by atoms with van der Waals surface area (Å²) >= 11 is 17.0. The van der Waals surface area contributed by atoms with E-state index >= 15 is 0 Å². The number of aromatic amines is 1. The Bertz CT molecular complexity index is 1220. The molecular formula is C23H30ClN2O7PS2. The first kappa shape index (κ1) is 29.0. The van der Waals surface area contributed by atoms with Gasteiger partial charge in [-0.2, -0.15) is 0 Å². The minimum Gasteiger partial charge on any atom is -0.463 e. The second-order valence-electron chi connectivity index (χ2n) is 8.86. The van der Waals surface area contributed by atoms with Crippen molar-refractivity contribution in [1.82, 2.24) is 9.55 Å². The maximum Gasteiger partial charge on any atom is 0.380 e. The Morgan fingerprint density at radius 2 is 1.94 bits per heavy atom. The van der Waals surface area contributed by atoms with Crippen LogP contribution in [0.2, 0.25) is 0 Å². The molecule has 1 aromatic carbocycles. The number of benzene rings is 1. The molecule has 1 unspecified atom stereocenters. The Balaban J connectivity index is 1.77. The van der Waals surface area contributed by atoms with Crippen LogP contribution in [0.3, 0.4) is 0 Å². The number of aliphatic hydroxyl groups excluding tert-OH is 1. The van der Waals surface area contributed by atoms with E-state index in [0.717, 1.165) is 5.56 Å². The summed E-state index contributed by atoms with van der Waals surface area (Å²) in [5.41, 5.74) is 0.753. The zero-order valence-corrected chi connectivity index (χ0v) is 23.6. The van der Waals surface area contributed by atoms with Crippen LogP contribution in [0.4, 0.5) is 0 Å². The number of aromatic nitrogens is 2. The van der Waals surface area contributed by atoms with E-state index in [2.05, 4.69) is 4.98 Å². The summed E-state index contributed by atoms with van der Waals surface area (Å²) in [7, 11) is -3.89. The van der Waals surface area contributed by atoms with Crippen molar-refractivity contribution >= 4 is 49.6 Å². The fourth-order valence-corrected chi connectivity index (χ4v) is 6.23. The highest BCUT2D eigenvalue weighted by Crippen LogP contribution is 2.51. The van der Waals surface area contributed by atoms with Gasteiger partial charge < -0.3 is 24.1 Å². The molecule has 1 saturated heterocycles. The molecule has 1 aliphatic rings. The average molecular weight is 577 g/mol. The van der Waals surface area contributed by atoms with Gasteiger partial charge in [0, 0.05) is 11.8 Å². The average Bonchev–Trinajstić information content (AvgIpc) is 3.08. The first-order valence-corrected chi connectivity index (χ1v) is 14.4. The van der Waals surface area contributed by atoms with Gasteiger partial charge in [0.2, 0.25) is 0 Å². The second-order valence-corrected chi connectivity index (χ2v) is 12.2. The van der Waals surface area contributed by atoms with Gasteiger partial charge in [0.1, 0.15) is 28.0 Å². The molecule has 0 aliphatic carbocycles. The molecule has 1 fully saturated rings. The summed E-state index contributed by atoms with van der Waals surface area (Å²) in [5.74, 6) is -0.971. The smallest absolute Gasteiger partial charge is 0.380 e. The molecule has 9 nitrogen and oxygen atoms in total. The van der Waals surface area contributed by atoms with Crippen LogP contribution >= 0.6 is 43.6 Å². The third-order valence-corrected chi connectivity index (χ3v) is 8.63. The lowest BCUT2D eigenvalue weighted by molar-refractivity contribution is -0.151. The summed E-state index contributed by atoms with van der Waals surface area (Å²) in [4.78, 5) is 15.3. The number of rotatable bonds is 10. The van der Waals surface area contributed by atoms with Crippen LogP contribution in [0.15, 0.2) is 36.5 Å². The molecule has 0 saturated carbocycles. The predicted molar refractivity (Wildman–Crippen MR) is 141 cm³/mol. The molecule has 2 N–H and O–H groups in total. The molecule has 0 bridgehead atoms. The lowest BCUT2D eigenvalue weighted by Gasteiger charge is -2.24. The van der Waals surface area contributed by atoms with E-state index in [1.165, 1.54) is 0 Å². The number of nitrogens with zero attached hydrogens (tertiary/aromatic N) is 1. The van der Waals surface area contributed by atoms with E-state index in [-0.39, 0.29) is 23.6 Å². The lowest BCUT2D eigenvalue weighted by Crippen LogP contribution is -2.31. The molecule has 198 valence electrons. The lowest BCUT2D eigenvalue weighted by atomic mass is 10.2. The molecule has 2 heterocycles. The molecule has 0 spiro atoms. The molecule has 0 amide bonds. The number of halogens is 1. The molecule has 2 aromatic rings. The zero-order valence-electron chi connectivity index (χ0n) is 20.3. The quantitative estimate of drug-likeness (QED) is 0.168. The number of aryl methyl sites for hydroxylation is 1. The van der Waals surface area contributed by atoms with Crippen molar-refractivity contribution in [3.63, 3.8) is 0 Å². The molecular weight excluding hydrogens is 547 g/mol. The molecule has 0 radical (unpaired) electrons. The van der Waals surface area contributed by atoms with Crippen LogP contribution < -0.4 is 4.52 Å². The van der Waals surface area contributed by atoms with Crippen LogP contribution in [-0.4, -0.2) is 57.1 Å². The SMILES string of the molecule is Cc1cn([C@H]2O[C@@H](CO[P@@](=O)(C[C@@H](C)C(=O)OC(C)C)Oc3ccccc3)C(O)[C@H]2Cl)c(=S)[nH]c1=S. The number of hydrogen-bond donors (Lipinski definition) is 2. The van der Waals surface area contributed by atoms with Gasteiger partial charge in [0.05, 0.1) is 24.8 Å². The Kier molecular flexibility index (Phi) is 9.90. The van der Waals surface area contributed by atoms with Crippen molar-refractivity contribution < 1.29 is 33.0 Å². The highest BCUT2D eigenvalue weighted by molar-refractivity contribution is 7.72. The predicted octanol–water partition coefficient (Wildman–Crippen LogP) is 5.33. The summed E-state index contributed by atoms with van der Waals surface area (Å²) < 4.78 is 38.8. The summed E-state index contributed by atoms with van der Waals surface area (Å²) in [6, 6.07) is 8.48. The number of hydrogen-bond acceptors (Lipinski definition) is 9. The van der Waals surface area contributed by atoms with Crippen molar-refractivity contribution in [2.24, 2.45) is 5.92 Å². The van der Waals surface area contributed by atoms with Gasteiger partial charge in [-0.05, 0) is 45.1 Å². The van der Waals surface area contributed by atoms with Gasteiger partial charge in [0.25, 0.3) is 0 Å². The second kappa shape index (κ2) is 12.3. The van der Waals surface area contributed by atoms with Crippen LogP contribution in [0.1, 0.15) is 32.6 Å². The molecule has 6 atom stereocenters. The highest BCUT2D eigenvalue weighted by Gasteiger charge is 2.45. The van der Waals surface area contributed by atoms with E-state index in [4.69, 9.17) is 54.6 Å².